The summed E-state index contributed by atoms with van der Waals surface area (Å²) in [6.07, 6.45) is 0.860. The lowest BCUT2D eigenvalue weighted by atomic mass is 10.1. The summed E-state index contributed by atoms with van der Waals surface area (Å²) in [5, 5.41) is 2.89. The molecule has 2 aromatic heterocycles. The van der Waals surface area contributed by atoms with Crippen molar-refractivity contribution in [2.24, 2.45) is 0 Å². The fourth-order valence-corrected chi connectivity index (χ4v) is 4.05. The topological polar surface area (TPSA) is 87.5 Å². The quantitative estimate of drug-likeness (QED) is 0.196. The molecule has 0 spiro atoms. The molecule has 5 rings (SSSR count). The van der Waals surface area contributed by atoms with Crippen molar-refractivity contribution >= 4 is 16.9 Å². The molecule has 0 unspecified atom stereocenters. The van der Waals surface area contributed by atoms with Crippen LogP contribution < -0.4 is 19.5 Å². The van der Waals surface area contributed by atoms with E-state index in [1.54, 1.807) is 36.9 Å². The Morgan fingerprint density at radius 3 is 2.41 bits per heavy atom. The molecule has 8 nitrogen and oxygen atoms in total. The van der Waals surface area contributed by atoms with Gasteiger partial charge in [0.1, 0.15) is 23.6 Å². The maximum absolute atomic E-state index is 12.6. The van der Waals surface area contributed by atoms with Gasteiger partial charge in [-0.05, 0) is 66.2 Å². The molecule has 41 heavy (non-hydrogen) atoms. The van der Waals surface area contributed by atoms with Crippen molar-refractivity contribution in [1.29, 1.82) is 0 Å². The number of nitrogens with one attached hydrogen (secondary N) is 1. The minimum atomic E-state index is -4.75. The number of hydrogen-bond acceptors (Lipinski definition) is 6. The van der Waals surface area contributed by atoms with Gasteiger partial charge in [0.25, 0.3) is 5.91 Å². The molecular weight excluding hydrogens is 537 g/mol. The number of hydrogen-bond donors (Lipinski definition) is 1. The molecule has 0 radical (unpaired) electrons. The normalized spacial score (nSPS) is 11.3. The third kappa shape index (κ3) is 7.53. The van der Waals surface area contributed by atoms with Gasteiger partial charge in [-0.3, -0.25) is 14.3 Å². The van der Waals surface area contributed by atoms with Gasteiger partial charge in [0, 0.05) is 42.7 Å². The van der Waals surface area contributed by atoms with Crippen molar-refractivity contribution in [3.05, 3.63) is 109 Å². The zero-order valence-electron chi connectivity index (χ0n) is 21.7. The van der Waals surface area contributed by atoms with Gasteiger partial charge < -0.3 is 19.5 Å². The van der Waals surface area contributed by atoms with E-state index in [2.05, 4.69) is 20.0 Å². The molecule has 0 saturated carbocycles. The summed E-state index contributed by atoms with van der Waals surface area (Å²) in [6, 6.07) is 21.9. The van der Waals surface area contributed by atoms with Crippen LogP contribution in [0.15, 0.2) is 97.6 Å². The third-order valence-electron chi connectivity index (χ3n) is 5.97. The van der Waals surface area contributed by atoms with Crippen molar-refractivity contribution in [2.75, 3.05) is 13.2 Å². The lowest BCUT2D eigenvalue weighted by molar-refractivity contribution is -0.274. The average Bonchev–Trinajstić information content (AvgIpc) is 3.39. The molecule has 11 heteroatoms. The van der Waals surface area contributed by atoms with Gasteiger partial charge in [0.15, 0.2) is 0 Å². The predicted molar refractivity (Wildman–Crippen MR) is 145 cm³/mol. The third-order valence-corrected chi connectivity index (χ3v) is 5.97. The highest BCUT2D eigenvalue weighted by Gasteiger charge is 2.31. The number of nitrogens with zero attached hydrogens (tertiary/aromatic N) is 3. The molecule has 3 aromatic carbocycles. The van der Waals surface area contributed by atoms with Crippen LogP contribution in [0, 0.1) is 0 Å². The number of halogens is 3. The number of ether oxygens (including phenoxy) is 3. The summed E-state index contributed by atoms with van der Waals surface area (Å²) in [6.45, 7) is 1.00. The molecule has 5 aromatic rings. The summed E-state index contributed by atoms with van der Waals surface area (Å²) < 4.78 is 54.2. The molecule has 0 bridgehead atoms. The standard InChI is InChI=1S/C30H25F3N4O4/c31-30(32,33)41-26-6-1-5-25(17-26)40-15-3-14-39-24-10-8-23(9-11-24)37-20-36-27-16-22(7-12-28(27)37)29(38)35-19-21-4-2-13-34-18-21/h1-2,4-13,16-18,20H,3,14-15,19H2,(H,35,38). The van der Waals surface area contributed by atoms with Gasteiger partial charge in [0.2, 0.25) is 0 Å². The van der Waals surface area contributed by atoms with Crippen molar-refractivity contribution in [1.82, 2.24) is 19.9 Å². The number of carbonyl (C=O) groups is 1. The summed E-state index contributed by atoms with van der Waals surface area (Å²) in [5.74, 6) is 0.411. The van der Waals surface area contributed by atoms with E-state index in [9.17, 15) is 18.0 Å². The monoisotopic (exact) mass is 562 g/mol. The number of carbonyl (C=O) groups excluding carboxylic acids is 1. The number of fused-ring (bicyclic) bond motifs is 1. The van der Waals surface area contributed by atoms with Crippen LogP contribution in [0.25, 0.3) is 16.7 Å². The maximum atomic E-state index is 12.6. The minimum Gasteiger partial charge on any atom is -0.493 e. The number of pyridine rings is 1. The molecule has 0 atom stereocenters. The fraction of sp³-hybridized carbons (Fsp3) is 0.167. The molecular formula is C30H25F3N4O4. The largest absolute Gasteiger partial charge is 0.573 e. The Kier molecular flexibility index (Phi) is 8.33. The summed E-state index contributed by atoms with van der Waals surface area (Å²) in [7, 11) is 0. The SMILES string of the molecule is O=C(NCc1cccnc1)c1ccc2c(c1)ncn2-c1ccc(OCCCOc2cccc(OC(F)(F)F)c2)cc1. The Morgan fingerprint density at radius 2 is 1.66 bits per heavy atom. The number of benzene rings is 3. The highest BCUT2D eigenvalue weighted by molar-refractivity contribution is 5.97. The highest BCUT2D eigenvalue weighted by atomic mass is 19.4. The second-order valence-electron chi connectivity index (χ2n) is 8.93. The first-order valence-electron chi connectivity index (χ1n) is 12.7. The number of amides is 1. The Bertz CT molecular complexity index is 1610. The minimum absolute atomic E-state index is 0.193. The van der Waals surface area contributed by atoms with Crippen molar-refractivity contribution < 1.29 is 32.2 Å². The van der Waals surface area contributed by atoms with E-state index < -0.39 is 6.36 Å². The van der Waals surface area contributed by atoms with E-state index in [0.717, 1.165) is 16.8 Å². The Hall–Kier alpha value is -5.06. The Labute approximate surface area is 233 Å². The van der Waals surface area contributed by atoms with Crippen LogP contribution in [-0.4, -0.2) is 40.0 Å². The lowest BCUT2D eigenvalue weighted by Gasteiger charge is -2.11. The van der Waals surface area contributed by atoms with Gasteiger partial charge in [-0.15, -0.1) is 13.2 Å². The summed E-state index contributed by atoms with van der Waals surface area (Å²) in [4.78, 5) is 21.1. The van der Waals surface area contributed by atoms with Crippen LogP contribution in [-0.2, 0) is 6.54 Å². The zero-order valence-corrected chi connectivity index (χ0v) is 21.7. The summed E-state index contributed by atoms with van der Waals surface area (Å²) in [5.41, 5.74) is 3.84. The predicted octanol–water partition coefficient (Wildman–Crippen LogP) is 6.10. The van der Waals surface area contributed by atoms with Crippen LogP contribution in [0.5, 0.6) is 17.2 Å². The highest BCUT2D eigenvalue weighted by Crippen LogP contribution is 2.26. The van der Waals surface area contributed by atoms with Crippen LogP contribution >= 0.6 is 0 Å². The first kappa shape index (κ1) is 27.5. The van der Waals surface area contributed by atoms with Crippen molar-refractivity contribution in [2.45, 2.75) is 19.3 Å². The van der Waals surface area contributed by atoms with E-state index in [1.807, 2.05) is 47.0 Å². The number of rotatable bonds is 11. The lowest BCUT2D eigenvalue weighted by Crippen LogP contribution is -2.22. The zero-order chi connectivity index (χ0) is 28.7. The van der Waals surface area contributed by atoms with Gasteiger partial charge in [-0.25, -0.2) is 4.98 Å². The van der Waals surface area contributed by atoms with Crippen LogP contribution in [0.4, 0.5) is 13.2 Å². The van der Waals surface area contributed by atoms with E-state index in [-0.39, 0.29) is 24.0 Å². The van der Waals surface area contributed by atoms with E-state index >= 15 is 0 Å². The Morgan fingerprint density at radius 1 is 0.878 bits per heavy atom. The second-order valence-corrected chi connectivity index (χ2v) is 8.93. The van der Waals surface area contributed by atoms with Crippen LogP contribution in [0.1, 0.15) is 22.3 Å². The van der Waals surface area contributed by atoms with E-state index in [0.29, 0.717) is 36.4 Å². The van der Waals surface area contributed by atoms with Gasteiger partial charge in [0.05, 0.1) is 24.2 Å². The fourth-order valence-electron chi connectivity index (χ4n) is 4.05. The Balaban J connectivity index is 1.11. The van der Waals surface area contributed by atoms with Crippen molar-refractivity contribution in [3.63, 3.8) is 0 Å². The molecule has 0 aliphatic heterocycles. The van der Waals surface area contributed by atoms with Crippen molar-refractivity contribution in [3.8, 4) is 22.9 Å². The van der Waals surface area contributed by atoms with E-state index in [1.165, 1.54) is 18.2 Å². The van der Waals surface area contributed by atoms with Gasteiger partial charge in [-0.1, -0.05) is 12.1 Å². The molecule has 1 amide bonds. The van der Waals surface area contributed by atoms with Gasteiger partial charge in [-0.2, -0.15) is 0 Å². The first-order valence-corrected chi connectivity index (χ1v) is 12.7. The summed E-state index contributed by atoms with van der Waals surface area (Å²) >= 11 is 0. The molecule has 0 fully saturated rings. The van der Waals surface area contributed by atoms with E-state index in [4.69, 9.17) is 9.47 Å². The second kappa shape index (κ2) is 12.4. The average molecular weight is 563 g/mol. The molecule has 0 saturated heterocycles. The molecule has 0 aliphatic rings. The molecule has 1 N–H and O–H groups in total. The molecule has 0 aliphatic carbocycles. The van der Waals surface area contributed by atoms with Crippen LogP contribution in [0.3, 0.4) is 0 Å². The number of imidazole rings is 1. The smallest absolute Gasteiger partial charge is 0.493 e. The molecule has 2 heterocycles. The maximum Gasteiger partial charge on any atom is 0.573 e. The number of alkyl halides is 3. The van der Waals surface area contributed by atoms with Gasteiger partial charge >= 0.3 is 6.36 Å². The first-order chi connectivity index (χ1) is 19.8. The number of aromatic nitrogens is 3. The molecule has 210 valence electrons. The van der Waals surface area contributed by atoms with Crippen LogP contribution in [0.2, 0.25) is 0 Å².